The summed E-state index contributed by atoms with van der Waals surface area (Å²) in [5.41, 5.74) is 1.46. The molecule has 0 aromatic heterocycles. The summed E-state index contributed by atoms with van der Waals surface area (Å²) < 4.78 is 5.22. The molecular weight excluding hydrogens is 316 g/mol. The van der Waals surface area contributed by atoms with E-state index in [2.05, 4.69) is 10.6 Å². The number of anilines is 1. The smallest absolute Gasteiger partial charge is 0.239 e. The summed E-state index contributed by atoms with van der Waals surface area (Å²) in [4.78, 5) is 25.1. The molecule has 0 aliphatic heterocycles. The van der Waals surface area contributed by atoms with Crippen LogP contribution in [0, 0.1) is 12.3 Å². The third-order valence-electron chi connectivity index (χ3n) is 4.06. The van der Waals surface area contributed by atoms with E-state index >= 15 is 0 Å². The zero-order valence-corrected chi connectivity index (χ0v) is 15.1. The van der Waals surface area contributed by atoms with Gasteiger partial charge in [0, 0.05) is 6.54 Å². The van der Waals surface area contributed by atoms with Gasteiger partial charge in [0.05, 0.1) is 12.8 Å². The molecule has 25 heavy (non-hydrogen) atoms. The normalized spacial score (nSPS) is 10.9. The summed E-state index contributed by atoms with van der Waals surface area (Å²) in [6.45, 7) is 5.59. The van der Waals surface area contributed by atoms with E-state index in [9.17, 15) is 9.59 Å². The number of carbonyl (C=O) groups is 2. The molecule has 0 fully saturated rings. The van der Waals surface area contributed by atoms with Crippen molar-refractivity contribution in [2.75, 3.05) is 12.4 Å². The van der Waals surface area contributed by atoms with Crippen molar-refractivity contribution in [3.05, 3.63) is 59.7 Å². The number of para-hydroxylation sites is 2. The summed E-state index contributed by atoms with van der Waals surface area (Å²) in [6.07, 6.45) is 0. The number of methoxy groups -OCH3 is 1. The fourth-order valence-electron chi connectivity index (χ4n) is 2.24. The highest BCUT2D eigenvalue weighted by Crippen LogP contribution is 2.26. The molecule has 0 spiro atoms. The number of aryl methyl sites for hydroxylation is 1. The number of nitrogens with one attached hydrogen (secondary N) is 2. The maximum Gasteiger partial charge on any atom is 0.239 e. The van der Waals surface area contributed by atoms with Crippen LogP contribution >= 0.6 is 0 Å². The van der Waals surface area contributed by atoms with Crippen molar-refractivity contribution in [1.82, 2.24) is 5.32 Å². The van der Waals surface area contributed by atoms with Gasteiger partial charge in [-0.1, -0.05) is 42.0 Å². The summed E-state index contributed by atoms with van der Waals surface area (Å²) in [5, 5.41) is 5.59. The Morgan fingerprint density at radius 2 is 1.64 bits per heavy atom. The molecule has 5 nitrogen and oxygen atoms in total. The van der Waals surface area contributed by atoms with Crippen LogP contribution in [0.1, 0.15) is 25.0 Å². The third kappa shape index (κ3) is 4.59. The Morgan fingerprint density at radius 3 is 2.28 bits per heavy atom. The van der Waals surface area contributed by atoms with E-state index in [1.54, 1.807) is 32.0 Å². The van der Waals surface area contributed by atoms with E-state index in [-0.39, 0.29) is 5.91 Å². The summed E-state index contributed by atoms with van der Waals surface area (Å²) in [6, 6.07) is 15.0. The van der Waals surface area contributed by atoms with Gasteiger partial charge >= 0.3 is 0 Å². The average molecular weight is 340 g/mol. The van der Waals surface area contributed by atoms with Gasteiger partial charge in [-0.05, 0) is 38.5 Å². The lowest BCUT2D eigenvalue weighted by molar-refractivity contribution is -0.138. The summed E-state index contributed by atoms with van der Waals surface area (Å²) in [5.74, 6) is -0.175. The summed E-state index contributed by atoms with van der Waals surface area (Å²) in [7, 11) is 1.53. The number of ether oxygens (including phenoxy) is 1. The molecule has 2 aromatic rings. The van der Waals surface area contributed by atoms with Crippen LogP contribution in [0.25, 0.3) is 0 Å². The van der Waals surface area contributed by atoms with Gasteiger partial charge in [-0.3, -0.25) is 9.59 Å². The molecule has 0 saturated carbocycles. The van der Waals surface area contributed by atoms with Gasteiger partial charge in [-0.25, -0.2) is 0 Å². The van der Waals surface area contributed by atoms with Gasteiger partial charge in [0.1, 0.15) is 11.2 Å². The fraction of sp³-hybridized carbons (Fsp3) is 0.300. The number of hydrogen-bond donors (Lipinski definition) is 2. The Balaban J connectivity index is 2.01. The lowest BCUT2D eigenvalue weighted by atomic mass is 9.90. The first kappa shape index (κ1) is 18.5. The van der Waals surface area contributed by atoms with E-state index in [4.69, 9.17) is 4.74 Å². The molecule has 0 aliphatic carbocycles. The second-order valence-corrected chi connectivity index (χ2v) is 6.45. The number of benzene rings is 2. The standard InChI is InChI=1S/C20H24N2O3/c1-14-9-11-15(12-10-14)13-21-18(23)20(2,3)19(24)22-16-7-5-6-8-17(16)25-4/h5-12H,13H2,1-4H3,(H,21,23)(H,22,24). The Kier molecular flexibility index (Phi) is 5.80. The fourth-order valence-corrected chi connectivity index (χ4v) is 2.24. The van der Waals surface area contributed by atoms with Gasteiger partial charge in [0.15, 0.2) is 0 Å². The molecule has 2 amide bonds. The topological polar surface area (TPSA) is 67.4 Å². The van der Waals surface area contributed by atoms with Crippen molar-refractivity contribution >= 4 is 17.5 Å². The molecule has 0 atom stereocenters. The molecular formula is C20H24N2O3. The van der Waals surface area contributed by atoms with E-state index in [0.29, 0.717) is 18.0 Å². The predicted octanol–water partition coefficient (Wildman–Crippen LogP) is 3.28. The van der Waals surface area contributed by atoms with Crippen LogP contribution in [0.3, 0.4) is 0 Å². The Morgan fingerprint density at radius 1 is 1.00 bits per heavy atom. The van der Waals surface area contributed by atoms with Crippen LogP contribution in [0.15, 0.2) is 48.5 Å². The van der Waals surface area contributed by atoms with Gasteiger partial charge in [-0.2, -0.15) is 0 Å². The third-order valence-corrected chi connectivity index (χ3v) is 4.06. The zero-order valence-electron chi connectivity index (χ0n) is 15.1. The first-order chi connectivity index (χ1) is 11.8. The SMILES string of the molecule is COc1ccccc1NC(=O)C(C)(C)C(=O)NCc1ccc(C)cc1. The van der Waals surface area contributed by atoms with Gasteiger partial charge < -0.3 is 15.4 Å². The van der Waals surface area contributed by atoms with Crippen molar-refractivity contribution in [2.45, 2.75) is 27.3 Å². The van der Waals surface area contributed by atoms with Crippen LogP contribution in [0.4, 0.5) is 5.69 Å². The minimum absolute atomic E-state index is 0.333. The Labute approximate surface area is 148 Å². The minimum atomic E-state index is -1.22. The molecule has 0 unspecified atom stereocenters. The lowest BCUT2D eigenvalue weighted by Gasteiger charge is -2.23. The van der Waals surface area contributed by atoms with Crippen molar-refractivity contribution in [3.63, 3.8) is 0 Å². The second-order valence-electron chi connectivity index (χ2n) is 6.45. The Hall–Kier alpha value is -2.82. The van der Waals surface area contributed by atoms with Crippen LogP contribution in [-0.4, -0.2) is 18.9 Å². The summed E-state index contributed by atoms with van der Waals surface area (Å²) >= 11 is 0. The molecule has 2 aromatic carbocycles. The van der Waals surface area contributed by atoms with E-state index in [0.717, 1.165) is 11.1 Å². The second kappa shape index (κ2) is 7.83. The van der Waals surface area contributed by atoms with Crippen LogP contribution in [0.2, 0.25) is 0 Å². The molecule has 0 bridgehead atoms. The monoisotopic (exact) mass is 340 g/mol. The highest BCUT2D eigenvalue weighted by atomic mass is 16.5. The number of rotatable bonds is 6. The van der Waals surface area contributed by atoms with Crippen LogP contribution in [0.5, 0.6) is 5.75 Å². The molecule has 132 valence electrons. The lowest BCUT2D eigenvalue weighted by Crippen LogP contribution is -2.44. The maximum absolute atomic E-state index is 12.6. The van der Waals surface area contributed by atoms with E-state index in [1.807, 2.05) is 37.3 Å². The average Bonchev–Trinajstić information content (AvgIpc) is 2.61. The molecule has 0 aliphatic rings. The highest BCUT2D eigenvalue weighted by molar-refractivity contribution is 6.10. The minimum Gasteiger partial charge on any atom is -0.495 e. The maximum atomic E-state index is 12.6. The van der Waals surface area contributed by atoms with Crippen LogP contribution in [-0.2, 0) is 16.1 Å². The van der Waals surface area contributed by atoms with E-state index < -0.39 is 11.3 Å². The number of carbonyl (C=O) groups excluding carboxylic acids is 2. The first-order valence-corrected chi connectivity index (χ1v) is 8.13. The largest absolute Gasteiger partial charge is 0.495 e. The predicted molar refractivity (Wildman–Crippen MR) is 98.4 cm³/mol. The number of amides is 2. The van der Waals surface area contributed by atoms with Crippen molar-refractivity contribution in [2.24, 2.45) is 5.41 Å². The molecule has 2 rings (SSSR count). The number of hydrogen-bond acceptors (Lipinski definition) is 3. The van der Waals surface area contributed by atoms with Crippen molar-refractivity contribution < 1.29 is 14.3 Å². The molecule has 0 radical (unpaired) electrons. The Bertz CT molecular complexity index is 752. The quantitative estimate of drug-likeness (QED) is 0.793. The first-order valence-electron chi connectivity index (χ1n) is 8.13. The highest BCUT2D eigenvalue weighted by Gasteiger charge is 2.36. The zero-order chi connectivity index (χ0) is 18.4. The van der Waals surface area contributed by atoms with Crippen molar-refractivity contribution in [1.29, 1.82) is 0 Å². The molecule has 0 heterocycles. The van der Waals surface area contributed by atoms with Gasteiger partial charge in [0.2, 0.25) is 11.8 Å². The molecule has 0 saturated heterocycles. The molecule has 5 heteroatoms. The van der Waals surface area contributed by atoms with Gasteiger partial charge in [-0.15, -0.1) is 0 Å². The molecule has 2 N–H and O–H groups in total. The van der Waals surface area contributed by atoms with Crippen LogP contribution < -0.4 is 15.4 Å². The van der Waals surface area contributed by atoms with Crippen molar-refractivity contribution in [3.8, 4) is 5.75 Å². The van der Waals surface area contributed by atoms with E-state index in [1.165, 1.54) is 7.11 Å². The van der Waals surface area contributed by atoms with Gasteiger partial charge in [0.25, 0.3) is 0 Å².